The van der Waals surface area contributed by atoms with Gasteiger partial charge < -0.3 is 0 Å². The van der Waals surface area contributed by atoms with Crippen LogP contribution in [-0.4, -0.2) is 68.0 Å². The average Bonchev–Trinajstić information content (AvgIpc) is 3.07. The van der Waals surface area contributed by atoms with Crippen molar-refractivity contribution in [3.63, 3.8) is 0 Å². The van der Waals surface area contributed by atoms with Gasteiger partial charge in [-0.05, 0) is 0 Å². The molecule has 17 heavy (non-hydrogen) atoms. The number of nitrogens with one attached hydrogen (secondary N) is 2. The summed E-state index contributed by atoms with van der Waals surface area (Å²) in [5.74, 6) is 0. The summed E-state index contributed by atoms with van der Waals surface area (Å²) >= 11 is 0.140. The predicted molar refractivity (Wildman–Crippen MR) is 79.5 cm³/mol. The molecule has 2 N–H and O–H groups in total. The van der Waals surface area contributed by atoms with Crippen LogP contribution < -0.4 is 10.6 Å². The van der Waals surface area contributed by atoms with Crippen molar-refractivity contribution in [2.24, 2.45) is 0 Å². The van der Waals surface area contributed by atoms with Gasteiger partial charge in [-0.15, -0.1) is 0 Å². The van der Waals surface area contributed by atoms with Crippen LogP contribution in [0.4, 0.5) is 0 Å². The Labute approximate surface area is 128 Å². The fourth-order valence-electron chi connectivity index (χ4n) is 2.00. The molecular formula is C13H28N2Sn2. The first kappa shape index (κ1) is 16.6. The van der Waals surface area contributed by atoms with Crippen LogP contribution in [0.25, 0.3) is 0 Å². The van der Waals surface area contributed by atoms with Crippen molar-refractivity contribution in [3.05, 3.63) is 0 Å². The number of rotatable bonds is 12. The van der Waals surface area contributed by atoms with Gasteiger partial charge in [0.2, 0.25) is 0 Å². The first-order valence-corrected chi connectivity index (χ1v) is 15.0. The standard InChI is InChI=1S/C8H17N2.C3H6.C2H5.2Sn/c1-2-9-6-3-7-10-8-4-5-8;1-3-2;1-2;;/h4,8-10H,2-3,5-7H2,1H3;1-3H2;1H2,2H3;;. The summed E-state index contributed by atoms with van der Waals surface area (Å²) in [6.07, 6.45) is 4.43. The fourth-order valence-corrected chi connectivity index (χ4v) is 11.6. The molecule has 0 saturated heterocycles. The van der Waals surface area contributed by atoms with Gasteiger partial charge in [0.1, 0.15) is 0 Å². The van der Waals surface area contributed by atoms with E-state index in [4.69, 9.17) is 0 Å². The van der Waals surface area contributed by atoms with Gasteiger partial charge in [0.25, 0.3) is 0 Å². The van der Waals surface area contributed by atoms with Crippen LogP contribution in [0, 0.1) is 0 Å². The van der Waals surface area contributed by atoms with Crippen molar-refractivity contribution in [1.82, 2.24) is 10.6 Å². The van der Waals surface area contributed by atoms with Crippen LogP contribution in [0.3, 0.4) is 0 Å². The van der Waals surface area contributed by atoms with E-state index >= 15 is 0 Å². The summed E-state index contributed by atoms with van der Waals surface area (Å²) in [4.78, 5) is 0. The zero-order valence-corrected chi connectivity index (χ0v) is 17.2. The molecule has 0 spiro atoms. The summed E-state index contributed by atoms with van der Waals surface area (Å²) in [7, 11) is 0. The fraction of sp³-hybridized carbons (Fsp3) is 1.00. The zero-order valence-electron chi connectivity index (χ0n) is 11.5. The third-order valence-electron chi connectivity index (χ3n) is 3.16. The summed E-state index contributed by atoms with van der Waals surface area (Å²) in [6.45, 7) is 8.09. The minimum absolute atomic E-state index is 0.0166. The maximum atomic E-state index is 3.73. The zero-order chi connectivity index (χ0) is 12.3. The summed E-state index contributed by atoms with van der Waals surface area (Å²) in [6, 6.07) is 0.953. The molecule has 1 saturated carbocycles. The van der Waals surface area contributed by atoms with E-state index in [0.29, 0.717) is 0 Å². The van der Waals surface area contributed by atoms with E-state index in [2.05, 4.69) is 24.5 Å². The molecule has 0 aliphatic heterocycles. The maximum absolute atomic E-state index is 3.73. The summed E-state index contributed by atoms with van der Waals surface area (Å²) in [5.41, 5.74) is 0. The van der Waals surface area contributed by atoms with Crippen molar-refractivity contribution in [2.75, 3.05) is 19.6 Å². The van der Waals surface area contributed by atoms with Gasteiger partial charge >= 0.3 is 129 Å². The van der Waals surface area contributed by atoms with E-state index in [1.807, 2.05) is 0 Å². The van der Waals surface area contributed by atoms with Crippen LogP contribution in [0.15, 0.2) is 0 Å². The Hall–Kier alpha value is 1.52. The molecule has 0 amide bonds. The normalized spacial score (nSPS) is 22.9. The Bertz CT molecular complexity index is 161. The quantitative estimate of drug-likeness (QED) is 0.353. The first-order chi connectivity index (χ1) is 8.38. The second-order valence-electron chi connectivity index (χ2n) is 4.77. The van der Waals surface area contributed by atoms with Gasteiger partial charge in [-0.1, -0.05) is 0 Å². The molecule has 1 aliphatic carbocycles. The third-order valence-corrected chi connectivity index (χ3v) is 11.8. The van der Waals surface area contributed by atoms with Crippen molar-refractivity contribution in [3.8, 4) is 0 Å². The Morgan fingerprint density at radius 2 is 2.00 bits per heavy atom. The van der Waals surface area contributed by atoms with Crippen molar-refractivity contribution in [1.29, 1.82) is 0 Å². The van der Waals surface area contributed by atoms with E-state index in [0.717, 1.165) is 12.6 Å². The first-order valence-electron chi connectivity index (χ1n) is 7.26. The molecule has 1 fully saturated rings. The van der Waals surface area contributed by atoms with Crippen LogP contribution in [0.5, 0.6) is 0 Å². The van der Waals surface area contributed by atoms with Crippen molar-refractivity contribution >= 4 is 42.3 Å². The average molecular weight is 450 g/mol. The van der Waals surface area contributed by atoms with Gasteiger partial charge in [-0.2, -0.15) is 0 Å². The van der Waals surface area contributed by atoms with Gasteiger partial charge in [0.15, 0.2) is 0 Å². The monoisotopic (exact) mass is 452 g/mol. The molecule has 2 unspecified atom stereocenters. The van der Waals surface area contributed by atoms with Gasteiger partial charge in [0, 0.05) is 0 Å². The minimum atomic E-state index is 0.0166. The Balaban J connectivity index is 1.78. The second kappa shape index (κ2) is 11.4. The Morgan fingerprint density at radius 3 is 2.76 bits per heavy atom. The molecule has 1 aliphatic rings. The molecule has 0 bridgehead atoms. The predicted octanol–water partition coefficient (Wildman–Crippen LogP) is 2.21. The molecule has 1 rings (SSSR count). The molecule has 2 nitrogen and oxygen atoms in total. The van der Waals surface area contributed by atoms with E-state index < -0.39 is 0 Å². The van der Waals surface area contributed by atoms with E-state index in [1.165, 1.54) is 29.9 Å². The molecule has 98 valence electrons. The second-order valence-corrected chi connectivity index (χ2v) is 14.4. The van der Waals surface area contributed by atoms with Crippen LogP contribution >= 0.6 is 0 Å². The van der Waals surface area contributed by atoms with Gasteiger partial charge in [-0.25, -0.2) is 0 Å². The third kappa shape index (κ3) is 9.11. The van der Waals surface area contributed by atoms with Gasteiger partial charge in [0.05, 0.1) is 0 Å². The molecule has 0 aromatic rings. The molecule has 4 radical (unpaired) electrons. The van der Waals surface area contributed by atoms with E-state index in [-0.39, 0.29) is 42.3 Å². The summed E-state index contributed by atoms with van der Waals surface area (Å²) in [5, 5.41) is 7.11. The Morgan fingerprint density at radius 1 is 1.12 bits per heavy atom. The molecule has 0 heterocycles. The molecule has 0 aromatic heterocycles. The number of hydrogen-bond donors (Lipinski definition) is 2. The van der Waals surface area contributed by atoms with Crippen molar-refractivity contribution < 1.29 is 0 Å². The summed E-state index contributed by atoms with van der Waals surface area (Å²) < 4.78 is 6.08. The Kier molecular flexibility index (Phi) is 11.1. The van der Waals surface area contributed by atoms with Crippen LogP contribution in [0.1, 0.15) is 33.1 Å². The van der Waals surface area contributed by atoms with E-state index in [1.54, 1.807) is 19.7 Å². The van der Waals surface area contributed by atoms with Crippen LogP contribution in [0.2, 0.25) is 17.2 Å². The molecule has 2 atom stereocenters. The SMILES string of the molecule is CCNCCCNC1C[CH]1[Sn][CH2]C[CH2][Sn][CH2]C. The molecule has 0 aromatic carbocycles. The molecule has 4 heteroatoms. The number of hydrogen-bond acceptors (Lipinski definition) is 2. The van der Waals surface area contributed by atoms with Crippen molar-refractivity contribution in [2.45, 2.75) is 56.4 Å². The molecular weight excluding hydrogens is 422 g/mol. The van der Waals surface area contributed by atoms with Gasteiger partial charge in [-0.3, -0.25) is 0 Å². The van der Waals surface area contributed by atoms with E-state index in [9.17, 15) is 0 Å². The topological polar surface area (TPSA) is 24.1 Å². The van der Waals surface area contributed by atoms with Crippen LogP contribution in [-0.2, 0) is 0 Å².